The number of nitrogens with zero attached hydrogens (tertiary/aromatic N) is 1. The minimum atomic E-state index is -0.590. The Morgan fingerprint density at radius 1 is 1.64 bits per heavy atom. The fourth-order valence-corrected chi connectivity index (χ4v) is 0.697. The molecule has 0 heterocycles. The van der Waals surface area contributed by atoms with Crippen molar-refractivity contribution in [1.29, 1.82) is 0 Å². The van der Waals surface area contributed by atoms with Crippen LogP contribution in [-0.4, -0.2) is 23.4 Å². The molecule has 0 rings (SSSR count). The van der Waals surface area contributed by atoms with Gasteiger partial charge in [-0.3, -0.25) is 0 Å². The van der Waals surface area contributed by atoms with Gasteiger partial charge in [0.05, 0.1) is 6.10 Å². The summed E-state index contributed by atoms with van der Waals surface area (Å²) in [5.74, 6) is 0. The van der Waals surface area contributed by atoms with Gasteiger partial charge in [-0.2, -0.15) is 0 Å². The van der Waals surface area contributed by atoms with Gasteiger partial charge in [0.1, 0.15) is 6.10 Å². The Labute approximate surface area is 65.5 Å². The first-order valence-electron chi connectivity index (χ1n) is 3.50. The topological polar surface area (TPSA) is 84.9 Å². The molecule has 11 heavy (non-hydrogen) atoms. The van der Waals surface area contributed by atoms with Gasteiger partial charge in [0.2, 0.25) is 0 Å². The molecule has 0 saturated carbocycles. The molecule has 3 unspecified atom stereocenters. The SMILES string of the molecule is CC(CC(N)C(C)O)ON=O. The Balaban J connectivity index is 3.56. The van der Waals surface area contributed by atoms with Crippen LogP contribution in [0.15, 0.2) is 5.34 Å². The Kier molecular flexibility index (Phi) is 4.72. The van der Waals surface area contributed by atoms with E-state index < -0.39 is 6.10 Å². The maximum atomic E-state index is 9.59. The molecule has 0 aromatic carbocycles. The number of aliphatic hydroxyl groups is 1. The van der Waals surface area contributed by atoms with Crippen molar-refractivity contribution in [1.82, 2.24) is 0 Å². The lowest BCUT2D eigenvalue weighted by Crippen LogP contribution is -2.35. The number of hydrogen-bond donors (Lipinski definition) is 2. The van der Waals surface area contributed by atoms with Crippen molar-refractivity contribution in [2.45, 2.75) is 38.5 Å². The lowest BCUT2D eigenvalue weighted by atomic mass is 10.1. The average molecular weight is 162 g/mol. The van der Waals surface area contributed by atoms with Crippen LogP contribution in [0.4, 0.5) is 0 Å². The number of aliphatic hydroxyl groups excluding tert-OH is 1. The standard InChI is InChI=1S/C6H14N2O3/c1-4(11-8-10)3-6(7)5(2)9/h4-6,9H,3,7H2,1-2H3. The van der Waals surface area contributed by atoms with Crippen molar-refractivity contribution in [3.05, 3.63) is 4.91 Å². The summed E-state index contributed by atoms with van der Waals surface area (Å²) in [6.45, 7) is 3.26. The fourth-order valence-electron chi connectivity index (χ4n) is 0.697. The van der Waals surface area contributed by atoms with E-state index in [2.05, 4.69) is 10.2 Å². The highest BCUT2D eigenvalue weighted by Gasteiger charge is 2.14. The van der Waals surface area contributed by atoms with Gasteiger partial charge in [-0.1, -0.05) is 0 Å². The minimum Gasteiger partial charge on any atom is -0.392 e. The molecule has 0 aromatic rings. The summed E-state index contributed by atoms with van der Waals surface area (Å²) in [5, 5.41) is 11.2. The highest BCUT2D eigenvalue weighted by atomic mass is 16.7. The van der Waals surface area contributed by atoms with Crippen LogP contribution in [0.1, 0.15) is 20.3 Å². The Bertz CT molecular complexity index is 118. The third-order valence-electron chi connectivity index (χ3n) is 1.45. The molecule has 3 N–H and O–H groups in total. The smallest absolute Gasteiger partial charge is 0.155 e. The summed E-state index contributed by atoms with van der Waals surface area (Å²) in [7, 11) is 0. The molecule has 0 radical (unpaired) electrons. The highest BCUT2D eigenvalue weighted by molar-refractivity contribution is 4.70. The van der Waals surface area contributed by atoms with E-state index in [-0.39, 0.29) is 12.1 Å². The first-order chi connectivity index (χ1) is 5.07. The first kappa shape index (κ1) is 10.3. The molecule has 0 aliphatic heterocycles. The van der Waals surface area contributed by atoms with Crippen LogP contribution in [0.3, 0.4) is 0 Å². The highest BCUT2D eigenvalue weighted by Crippen LogP contribution is 2.03. The maximum Gasteiger partial charge on any atom is 0.155 e. The van der Waals surface area contributed by atoms with Crippen molar-refractivity contribution in [3.8, 4) is 0 Å². The summed E-state index contributed by atoms with van der Waals surface area (Å²) in [6.07, 6.45) is -0.506. The molecule has 0 amide bonds. The van der Waals surface area contributed by atoms with Crippen LogP contribution in [0, 0.1) is 4.91 Å². The monoisotopic (exact) mass is 162 g/mol. The molecule has 0 bridgehead atoms. The normalized spacial score (nSPS) is 18.5. The van der Waals surface area contributed by atoms with E-state index >= 15 is 0 Å². The van der Waals surface area contributed by atoms with E-state index in [4.69, 9.17) is 10.8 Å². The molecule has 0 aromatic heterocycles. The average Bonchev–Trinajstić information content (AvgIpc) is 1.87. The molecule has 5 nitrogen and oxygen atoms in total. The van der Waals surface area contributed by atoms with Gasteiger partial charge in [-0.25, -0.2) is 0 Å². The summed E-state index contributed by atoms with van der Waals surface area (Å²) in [5.41, 5.74) is 5.47. The van der Waals surface area contributed by atoms with Gasteiger partial charge in [0.25, 0.3) is 0 Å². The third kappa shape index (κ3) is 4.69. The van der Waals surface area contributed by atoms with Gasteiger partial charge >= 0.3 is 0 Å². The van der Waals surface area contributed by atoms with E-state index in [0.717, 1.165) is 0 Å². The van der Waals surface area contributed by atoms with Crippen molar-refractivity contribution in [3.63, 3.8) is 0 Å². The first-order valence-corrected chi connectivity index (χ1v) is 3.50. The zero-order valence-corrected chi connectivity index (χ0v) is 6.73. The van der Waals surface area contributed by atoms with Crippen LogP contribution >= 0.6 is 0 Å². The second-order valence-electron chi connectivity index (χ2n) is 2.63. The molecule has 0 saturated heterocycles. The molecule has 5 heteroatoms. The summed E-state index contributed by atoms with van der Waals surface area (Å²) in [6, 6.07) is -0.369. The number of rotatable bonds is 5. The maximum absolute atomic E-state index is 9.59. The van der Waals surface area contributed by atoms with Crippen LogP contribution < -0.4 is 5.73 Å². The van der Waals surface area contributed by atoms with E-state index in [1.54, 1.807) is 13.8 Å². The Morgan fingerprint density at radius 3 is 2.55 bits per heavy atom. The fraction of sp³-hybridized carbons (Fsp3) is 1.00. The van der Waals surface area contributed by atoms with Gasteiger partial charge in [-0.05, 0) is 13.8 Å². The van der Waals surface area contributed by atoms with E-state index in [1.165, 1.54) is 0 Å². The lowest BCUT2D eigenvalue weighted by Gasteiger charge is -2.16. The van der Waals surface area contributed by atoms with Gasteiger partial charge < -0.3 is 15.7 Å². The van der Waals surface area contributed by atoms with Crippen molar-refractivity contribution < 1.29 is 9.94 Å². The molecular formula is C6H14N2O3. The number of hydrogen-bond acceptors (Lipinski definition) is 5. The van der Waals surface area contributed by atoms with Crippen LogP contribution in [-0.2, 0) is 4.84 Å². The molecule has 0 aliphatic carbocycles. The van der Waals surface area contributed by atoms with E-state index in [0.29, 0.717) is 6.42 Å². The second-order valence-corrected chi connectivity index (χ2v) is 2.63. The van der Waals surface area contributed by atoms with Crippen LogP contribution in [0.25, 0.3) is 0 Å². The van der Waals surface area contributed by atoms with Gasteiger partial charge in [0.15, 0.2) is 5.34 Å². The molecule has 3 atom stereocenters. The van der Waals surface area contributed by atoms with Gasteiger partial charge in [-0.15, -0.1) is 4.91 Å². The second kappa shape index (κ2) is 5.03. The Hall–Kier alpha value is -0.680. The van der Waals surface area contributed by atoms with Crippen LogP contribution in [0.5, 0.6) is 0 Å². The Morgan fingerprint density at radius 2 is 2.18 bits per heavy atom. The summed E-state index contributed by atoms with van der Waals surface area (Å²) < 4.78 is 0. The number of nitrogens with two attached hydrogens (primary N) is 1. The molecule has 66 valence electrons. The van der Waals surface area contributed by atoms with Crippen molar-refractivity contribution in [2.24, 2.45) is 11.1 Å². The van der Waals surface area contributed by atoms with Crippen molar-refractivity contribution >= 4 is 0 Å². The van der Waals surface area contributed by atoms with Crippen LogP contribution in [0.2, 0.25) is 0 Å². The predicted octanol–water partition coefficient (Wildman–Crippen LogP) is 0.171. The summed E-state index contributed by atoms with van der Waals surface area (Å²) in [4.78, 5) is 13.9. The minimum absolute atomic E-state index is 0.336. The van der Waals surface area contributed by atoms with E-state index in [1.807, 2.05) is 0 Å². The summed E-state index contributed by atoms with van der Waals surface area (Å²) >= 11 is 0. The van der Waals surface area contributed by atoms with E-state index in [9.17, 15) is 4.91 Å². The predicted molar refractivity (Wildman–Crippen MR) is 40.6 cm³/mol. The van der Waals surface area contributed by atoms with Crippen molar-refractivity contribution in [2.75, 3.05) is 0 Å². The zero-order chi connectivity index (χ0) is 8.85. The van der Waals surface area contributed by atoms with Gasteiger partial charge in [0, 0.05) is 12.5 Å². The molecule has 0 spiro atoms. The molecule has 0 fully saturated rings. The molecular weight excluding hydrogens is 148 g/mol. The lowest BCUT2D eigenvalue weighted by molar-refractivity contribution is 0.0428. The third-order valence-corrected chi connectivity index (χ3v) is 1.45. The molecule has 0 aliphatic rings. The largest absolute Gasteiger partial charge is 0.392 e. The quantitative estimate of drug-likeness (QED) is 0.445. The zero-order valence-electron chi connectivity index (χ0n) is 6.73.